The number of pyridine rings is 1. The highest BCUT2D eigenvalue weighted by Gasteiger charge is 2.23. The second-order valence-electron chi connectivity index (χ2n) is 8.15. The fourth-order valence-corrected chi connectivity index (χ4v) is 5.15. The molecule has 3 heterocycles. The van der Waals surface area contributed by atoms with Crippen molar-refractivity contribution in [2.24, 2.45) is 7.05 Å². The van der Waals surface area contributed by atoms with Crippen molar-refractivity contribution in [2.45, 2.75) is 44.8 Å². The predicted molar refractivity (Wildman–Crippen MR) is 129 cm³/mol. The summed E-state index contributed by atoms with van der Waals surface area (Å²) in [7, 11) is 1.87. The van der Waals surface area contributed by atoms with Crippen molar-refractivity contribution in [1.82, 2.24) is 25.0 Å². The van der Waals surface area contributed by atoms with Crippen LogP contribution < -0.4 is 5.32 Å². The van der Waals surface area contributed by atoms with Gasteiger partial charge in [0, 0.05) is 55.6 Å². The molecular weight excluding hydrogens is 442 g/mol. The molecular formula is C24H28ClN5OS. The normalized spacial score (nSPS) is 13.8. The van der Waals surface area contributed by atoms with Crippen LogP contribution in [0.25, 0.3) is 0 Å². The smallest absolute Gasteiger partial charge is 0.252 e. The summed E-state index contributed by atoms with van der Waals surface area (Å²) in [6, 6.07) is 7.70. The van der Waals surface area contributed by atoms with E-state index in [1.54, 1.807) is 16.4 Å². The number of aryl methyl sites for hydroxylation is 3. The molecule has 3 aromatic rings. The van der Waals surface area contributed by atoms with Crippen molar-refractivity contribution in [3.63, 3.8) is 0 Å². The zero-order chi connectivity index (χ0) is 22.8. The van der Waals surface area contributed by atoms with Crippen LogP contribution in [0.4, 0.5) is 0 Å². The minimum Gasteiger partial charge on any atom is -0.348 e. The number of carbonyl (C=O) groups excluding carboxylic acids is 1. The molecule has 0 unspecified atom stereocenters. The average Bonchev–Trinajstić information content (AvgIpc) is 3.04. The van der Waals surface area contributed by atoms with Crippen LogP contribution in [0.1, 0.15) is 44.0 Å². The Morgan fingerprint density at radius 3 is 2.72 bits per heavy atom. The summed E-state index contributed by atoms with van der Waals surface area (Å²) in [5.41, 5.74) is 7.39. The van der Waals surface area contributed by atoms with Crippen LogP contribution >= 0.6 is 23.4 Å². The van der Waals surface area contributed by atoms with Gasteiger partial charge in [-0.25, -0.2) is 0 Å². The molecule has 1 aliphatic rings. The van der Waals surface area contributed by atoms with Gasteiger partial charge in [-0.3, -0.25) is 19.4 Å². The van der Waals surface area contributed by atoms with Crippen molar-refractivity contribution in [1.29, 1.82) is 0 Å². The topological polar surface area (TPSA) is 63.1 Å². The fraction of sp³-hybridized carbons (Fsp3) is 0.375. The monoisotopic (exact) mass is 469 g/mol. The van der Waals surface area contributed by atoms with E-state index in [2.05, 4.69) is 20.3 Å². The van der Waals surface area contributed by atoms with E-state index in [-0.39, 0.29) is 5.91 Å². The Labute approximate surface area is 198 Å². The van der Waals surface area contributed by atoms with E-state index in [0.717, 1.165) is 53.5 Å². The number of hydrogen-bond donors (Lipinski definition) is 1. The second-order valence-corrected chi connectivity index (χ2v) is 9.35. The summed E-state index contributed by atoms with van der Waals surface area (Å²) >= 11 is 8.02. The lowest BCUT2D eigenvalue weighted by molar-refractivity contribution is 0.0947. The summed E-state index contributed by atoms with van der Waals surface area (Å²) in [5, 5.41) is 8.24. The SMILES string of the molecule is CSc1ccccc1C(=O)NCc1c(C)ncc2c1CCN(Cc1c(C)nn(C)c1Cl)C2. The van der Waals surface area contributed by atoms with Gasteiger partial charge in [-0.2, -0.15) is 5.10 Å². The van der Waals surface area contributed by atoms with Gasteiger partial charge in [0.05, 0.1) is 11.3 Å². The van der Waals surface area contributed by atoms with Crippen LogP contribution in [0.15, 0.2) is 35.4 Å². The van der Waals surface area contributed by atoms with Crippen LogP contribution in [0, 0.1) is 13.8 Å². The van der Waals surface area contributed by atoms with E-state index in [4.69, 9.17) is 11.6 Å². The Hall–Kier alpha value is -2.35. The molecule has 0 bridgehead atoms. The first-order chi connectivity index (χ1) is 15.4. The number of aromatic nitrogens is 3. The number of hydrogen-bond acceptors (Lipinski definition) is 5. The van der Waals surface area contributed by atoms with Crippen molar-refractivity contribution in [2.75, 3.05) is 12.8 Å². The molecule has 1 aromatic carbocycles. The lowest BCUT2D eigenvalue weighted by Crippen LogP contribution is -2.32. The number of benzene rings is 1. The van der Waals surface area contributed by atoms with E-state index in [0.29, 0.717) is 17.3 Å². The first-order valence-electron chi connectivity index (χ1n) is 10.7. The lowest BCUT2D eigenvalue weighted by Gasteiger charge is -2.30. The van der Waals surface area contributed by atoms with Crippen molar-refractivity contribution in [3.8, 4) is 0 Å². The number of fused-ring (bicyclic) bond motifs is 1. The third-order valence-corrected chi connectivity index (χ3v) is 7.37. The van der Waals surface area contributed by atoms with Crippen LogP contribution in [-0.2, 0) is 33.1 Å². The number of carbonyl (C=O) groups is 1. The fourth-order valence-electron chi connectivity index (χ4n) is 4.32. The quantitative estimate of drug-likeness (QED) is 0.545. The van der Waals surface area contributed by atoms with E-state index < -0.39 is 0 Å². The zero-order valence-corrected chi connectivity index (χ0v) is 20.5. The number of halogens is 1. The molecule has 0 saturated heterocycles. The molecule has 0 radical (unpaired) electrons. The van der Waals surface area contributed by atoms with E-state index >= 15 is 0 Å². The van der Waals surface area contributed by atoms with Crippen LogP contribution in [0.3, 0.4) is 0 Å². The minimum atomic E-state index is -0.0499. The van der Waals surface area contributed by atoms with Gasteiger partial charge in [-0.1, -0.05) is 23.7 Å². The highest BCUT2D eigenvalue weighted by molar-refractivity contribution is 7.98. The summed E-state index contributed by atoms with van der Waals surface area (Å²) in [4.78, 5) is 20.8. The van der Waals surface area contributed by atoms with Gasteiger partial charge in [0.1, 0.15) is 5.15 Å². The predicted octanol–water partition coefficient (Wildman–Crippen LogP) is 4.30. The molecule has 0 spiro atoms. The summed E-state index contributed by atoms with van der Waals surface area (Å²) < 4.78 is 1.73. The molecule has 168 valence electrons. The maximum Gasteiger partial charge on any atom is 0.252 e. The first-order valence-corrected chi connectivity index (χ1v) is 12.3. The Kier molecular flexibility index (Phi) is 6.88. The Bertz CT molecular complexity index is 1160. The highest BCUT2D eigenvalue weighted by atomic mass is 35.5. The molecule has 2 aromatic heterocycles. The molecule has 0 saturated carbocycles. The van der Waals surface area contributed by atoms with Gasteiger partial charge in [0.15, 0.2) is 0 Å². The number of nitrogens with one attached hydrogen (secondary N) is 1. The molecule has 4 rings (SSSR count). The van der Waals surface area contributed by atoms with Crippen molar-refractivity contribution in [3.05, 3.63) is 74.8 Å². The standard InChI is InChI=1S/C24H28ClN5OS/c1-15-20(12-27-24(31)19-7-5-6-8-22(19)32-4)18-9-10-30(13-17(18)11-26-15)14-21-16(2)28-29(3)23(21)25/h5-8,11H,9-10,12-14H2,1-4H3,(H,27,31). The van der Waals surface area contributed by atoms with Crippen LogP contribution in [0.5, 0.6) is 0 Å². The third kappa shape index (κ3) is 4.56. The number of amides is 1. The van der Waals surface area contributed by atoms with Gasteiger partial charge in [0.25, 0.3) is 5.91 Å². The minimum absolute atomic E-state index is 0.0499. The molecule has 6 nitrogen and oxygen atoms in total. The Balaban J connectivity index is 1.49. The van der Waals surface area contributed by atoms with Crippen LogP contribution in [0.2, 0.25) is 5.15 Å². The van der Waals surface area contributed by atoms with E-state index in [1.807, 2.05) is 57.6 Å². The Morgan fingerprint density at radius 2 is 2.00 bits per heavy atom. The second kappa shape index (κ2) is 9.65. The number of thioether (sulfide) groups is 1. The van der Waals surface area contributed by atoms with Gasteiger partial charge >= 0.3 is 0 Å². The number of rotatable bonds is 6. The molecule has 0 aliphatic carbocycles. The average molecular weight is 470 g/mol. The summed E-state index contributed by atoms with van der Waals surface area (Å²) in [5.74, 6) is -0.0499. The van der Waals surface area contributed by atoms with Gasteiger partial charge < -0.3 is 5.32 Å². The summed E-state index contributed by atoms with van der Waals surface area (Å²) in [6.45, 7) is 7.00. The van der Waals surface area contributed by atoms with Crippen molar-refractivity contribution < 1.29 is 4.79 Å². The van der Waals surface area contributed by atoms with Gasteiger partial charge in [0.2, 0.25) is 0 Å². The lowest BCUT2D eigenvalue weighted by atomic mass is 9.94. The zero-order valence-electron chi connectivity index (χ0n) is 18.9. The Morgan fingerprint density at radius 1 is 1.22 bits per heavy atom. The molecule has 0 fully saturated rings. The molecule has 0 atom stereocenters. The molecule has 1 amide bonds. The summed E-state index contributed by atoms with van der Waals surface area (Å²) in [6.07, 6.45) is 4.88. The molecule has 32 heavy (non-hydrogen) atoms. The maximum atomic E-state index is 12.8. The molecule has 1 N–H and O–H groups in total. The van der Waals surface area contributed by atoms with Crippen molar-refractivity contribution >= 4 is 29.3 Å². The maximum absolute atomic E-state index is 12.8. The first kappa shape index (κ1) is 22.8. The number of nitrogens with zero attached hydrogens (tertiary/aromatic N) is 4. The highest BCUT2D eigenvalue weighted by Crippen LogP contribution is 2.27. The van der Waals surface area contributed by atoms with Crippen LogP contribution in [-0.4, -0.2) is 38.4 Å². The third-order valence-electron chi connectivity index (χ3n) is 6.10. The van der Waals surface area contributed by atoms with Gasteiger partial charge in [-0.15, -0.1) is 11.8 Å². The molecule has 1 aliphatic heterocycles. The van der Waals surface area contributed by atoms with E-state index in [9.17, 15) is 4.79 Å². The van der Waals surface area contributed by atoms with Gasteiger partial charge in [-0.05, 0) is 55.3 Å². The molecule has 8 heteroatoms. The van der Waals surface area contributed by atoms with E-state index in [1.165, 1.54) is 11.1 Å². The largest absolute Gasteiger partial charge is 0.348 e.